The summed E-state index contributed by atoms with van der Waals surface area (Å²) in [5.74, 6) is 0.212. The van der Waals surface area contributed by atoms with Crippen LogP contribution in [0, 0.1) is 0 Å². The number of hydrogen-bond donors (Lipinski definition) is 1. The van der Waals surface area contributed by atoms with Crippen LogP contribution in [0.3, 0.4) is 0 Å². The number of carbonyl (C=O) groups excluding carboxylic acids is 2. The standard InChI is InChI=1S/C15H22N2O2/c1-4-14(18)12-7-9-13(10-8-12)16-11-15(19)17(5-2)6-3/h7-10,16H,4-6,11H2,1-3H3. The average molecular weight is 262 g/mol. The lowest BCUT2D eigenvalue weighted by Gasteiger charge is -2.19. The van der Waals surface area contributed by atoms with Gasteiger partial charge in [0.25, 0.3) is 0 Å². The highest BCUT2D eigenvalue weighted by Crippen LogP contribution is 2.11. The Balaban J connectivity index is 2.54. The molecule has 0 aromatic heterocycles. The van der Waals surface area contributed by atoms with Crippen molar-refractivity contribution >= 4 is 17.4 Å². The SMILES string of the molecule is CCC(=O)c1ccc(NCC(=O)N(CC)CC)cc1. The molecule has 1 aromatic carbocycles. The molecule has 0 fully saturated rings. The first-order valence-electron chi connectivity index (χ1n) is 6.77. The van der Waals surface area contributed by atoms with Gasteiger partial charge < -0.3 is 10.2 Å². The number of nitrogens with one attached hydrogen (secondary N) is 1. The van der Waals surface area contributed by atoms with Crippen molar-refractivity contribution in [2.45, 2.75) is 27.2 Å². The third kappa shape index (κ3) is 4.39. The number of anilines is 1. The highest BCUT2D eigenvalue weighted by molar-refractivity contribution is 5.96. The smallest absolute Gasteiger partial charge is 0.241 e. The minimum absolute atomic E-state index is 0.0821. The van der Waals surface area contributed by atoms with Gasteiger partial charge in [0.05, 0.1) is 6.54 Å². The summed E-state index contributed by atoms with van der Waals surface area (Å²) in [6, 6.07) is 7.24. The maximum Gasteiger partial charge on any atom is 0.241 e. The summed E-state index contributed by atoms with van der Waals surface area (Å²) in [7, 11) is 0. The molecule has 0 radical (unpaired) electrons. The molecule has 0 saturated heterocycles. The lowest BCUT2D eigenvalue weighted by molar-refractivity contribution is -0.128. The second kappa shape index (κ2) is 7.56. The molecule has 0 unspecified atom stereocenters. The van der Waals surface area contributed by atoms with Crippen molar-refractivity contribution in [3.63, 3.8) is 0 Å². The third-order valence-electron chi connectivity index (χ3n) is 3.09. The van der Waals surface area contributed by atoms with Crippen molar-refractivity contribution in [3.05, 3.63) is 29.8 Å². The van der Waals surface area contributed by atoms with E-state index in [0.717, 1.165) is 18.8 Å². The zero-order valence-corrected chi connectivity index (χ0v) is 11.9. The number of ketones is 1. The molecule has 0 aliphatic rings. The van der Waals surface area contributed by atoms with Gasteiger partial charge in [-0.1, -0.05) is 6.92 Å². The van der Waals surface area contributed by atoms with Crippen LogP contribution in [-0.4, -0.2) is 36.2 Å². The number of hydrogen-bond acceptors (Lipinski definition) is 3. The van der Waals surface area contributed by atoms with Crippen molar-refractivity contribution in [2.75, 3.05) is 25.0 Å². The fraction of sp³-hybridized carbons (Fsp3) is 0.467. The Morgan fingerprint density at radius 1 is 1.05 bits per heavy atom. The van der Waals surface area contributed by atoms with E-state index < -0.39 is 0 Å². The predicted octanol–water partition coefficient (Wildman–Crippen LogP) is 2.56. The van der Waals surface area contributed by atoms with E-state index in [1.807, 2.05) is 32.9 Å². The summed E-state index contributed by atoms with van der Waals surface area (Å²) in [5.41, 5.74) is 1.57. The molecule has 104 valence electrons. The first-order chi connectivity index (χ1) is 9.12. The van der Waals surface area contributed by atoms with Crippen molar-refractivity contribution < 1.29 is 9.59 Å². The van der Waals surface area contributed by atoms with Crippen molar-refractivity contribution in [3.8, 4) is 0 Å². The molecule has 0 heterocycles. The Bertz CT molecular complexity index is 422. The van der Waals surface area contributed by atoms with Crippen LogP contribution in [0.2, 0.25) is 0 Å². The topological polar surface area (TPSA) is 49.4 Å². The Morgan fingerprint density at radius 3 is 2.11 bits per heavy atom. The van der Waals surface area contributed by atoms with Crippen LogP contribution >= 0.6 is 0 Å². The minimum atomic E-state index is 0.0821. The van der Waals surface area contributed by atoms with E-state index in [1.165, 1.54) is 0 Å². The van der Waals surface area contributed by atoms with Gasteiger partial charge in [-0.3, -0.25) is 9.59 Å². The number of benzene rings is 1. The predicted molar refractivity (Wildman–Crippen MR) is 77.5 cm³/mol. The third-order valence-corrected chi connectivity index (χ3v) is 3.09. The van der Waals surface area contributed by atoms with Crippen LogP contribution < -0.4 is 5.32 Å². The largest absolute Gasteiger partial charge is 0.376 e. The fourth-order valence-electron chi connectivity index (χ4n) is 1.84. The number of amides is 1. The zero-order chi connectivity index (χ0) is 14.3. The van der Waals surface area contributed by atoms with Gasteiger partial charge in [0.1, 0.15) is 0 Å². The molecule has 0 aliphatic heterocycles. The number of nitrogens with zero attached hydrogens (tertiary/aromatic N) is 1. The van der Waals surface area contributed by atoms with Crippen molar-refractivity contribution in [1.82, 2.24) is 4.90 Å². The van der Waals surface area contributed by atoms with Gasteiger partial charge in [0.2, 0.25) is 5.91 Å². The Kier molecular flexibility index (Phi) is 6.06. The molecule has 1 rings (SSSR count). The highest BCUT2D eigenvalue weighted by atomic mass is 16.2. The van der Waals surface area contributed by atoms with Gasteiger partial charge in [0.15, 0.2) is 5.78 Å². The van der Waals surface area contributed by atoms with Crippen molar-refractivity contribution in [2.24, 2.45) is 0 Å². The maximum atomic E-state index is 11.8. The molecule has 19 heavy (non-hydrogen) atoms. The molecule has 1 N–H and O–H groups in total. The molecular formula is C15H22N2O2. The summed E-state index contributed by atoms with van der Waals surface area (Å²) in [5, 5.41) is 3.08. The molecule has 0 saturated carbocycles. The summed E-state index contributed by atoms with van der Waals surface area (Å²) < 4.78 is 0. The van der Waals surface area contributed by atoms with E-state index in [0.29, 0.717) is 12.0 Å². The van der Waals surface area contributed by atoms with E-state index in [-0.39, 0.29) is 18.2 Å². The molecule has 1 aromatic rings. The molecule has 0 spiro atoms. The van der Waals surface area contributed by atoms with Gasteiger partial charge in [-0.05, 0) is 38.1 Å². The molecule has 0 atom stereocenters. The summed E-state index contributed by atoms with van der Waals surface area (Å²) in [6.07, 6.45) is 0.507. The highest BCUT2D eigenvalue weighted by Gasteiger charge is 2.09. The number of Topliss-reactive ketones (excluding diaryl/α,β-unsaturated/α-hetero) is 1. The molecule has 4 nitrogen and oxygen atoms in total. The fourth-order valence-corrected chi connectivity index (χ4v) is 1.84. The van der Waals surface area contributed by atoms with Crippen LogP contribution in [-0.2, 0) is 4.79 Å². The Morgan fingerprint density at radius 2 is 1.63 bits per heavy atom. The quantitative estimate of drug-likeness (QED) is 0.768. The molecular weight excluding hydrogens is 240 g/mol. The molecule has 1 amide bonds. The number of rotatable bonds is 7. The Labute approximate surface area is 114 Å². The first kappa shape index (κ1) is 15.2. The minimum Gasteiger partial charge on any atom is -0.376 e. The van der Waals surface area contributed by atoms with Gasteiger partial charge in [-0.25, -0.2) is 0 Å². The lowest BCUT2D eigenvalue weighted by atomic mass is 10.1. The van der Waals surface area contributed by atoms with Gasteiger partial charge >= 0.3 is 0 Å². The zero-order valence-electron chi connectivity index (χ0n) is 11.9. The van der Waals surface area contributed by atoms with Gasteiger partial charge in [0, 0.05) is 30.8 Å². The summed E-state index contributed by atoms with van der Waals surface area (Å²) in [4.78, 5) is 25.1. The number of carbonyl (C=O) groups is 2. The van der Waals surface area contributed by atoms with Gasteiger partial charge in [-0.15, -0.1) is 0 Å². The Hall–Kier alpha value is -1.84. The van der Waals surface area contributed by atoms with Crippen molar-refractivity contribution in [1.29, 1.82) is 0 Å². The molecule has 4 heteroatoms. The van der Waals surface area contributed by atoms with Gasteiger partial charge in [-0.2, -0.15) is 0 Å². The summed E-state index contributed by atoms with van der Waals surface area (Å²) >= 11 is 0. The van der Waals surface area contributed by atoms with E-state index in [9.17, 15) is 9.59 Å². The first-order valence-corrected chi connectivity index (χ1v) is 6.77. The normalized spacial score (nSPS) is 10.1. The van der Waals surface area contributed by atoms with Crippen LogP contribution in [0.5, 0.6) is 0 Å². The van der Waals surface area contributed by atoms with E-state index in [2.05, 4.69) is 5.32 Å². The van der Waals surface area contributed by atoms with Crippen LogP contribution in [0.25, 0.3) is 0 Å². The monoisotopic (exact) mass is 262 g/mol. The molecule has 0 bridgehead atoms. The number of likely N-dealkylation sites (N-methyl/N-ethyl adjacent to an activating group) is 1. The van der Waals surface area contributed by atoms with E-state index in [4.69, 9.17) is 0 Å². The van der Waals surface area contributed by atoms with E-state index >= 15 is 0 Å². The van der Waals surface area contributed by atoms with Crippen LogP contribution in [0.1, 0.15) is 37.6 Å². The van der Waals surface area contributed by atoms with Crippen LogP contribution in [0.15, 0.2) is 24.3 Å². The lowest BCUT2D eigenvalue weighted by Crippen LogP contribution is -2.35. The second-order valence-electron chi connectivity index (χ2n) is 4.27. The van der Waals surface area contributed by atoms with Crippen LogP contribution in [0.4, 0.5) is 5.69 Å². The second-order valence-corrected chi connectivity index (χ2v) is 4.27. The molecule has 0 aliphatic carbocycles. The average Bonchev–Trinajstić information content (AvgIpc) is 2.46. The maximum absolute atomic E-state index is 11.8. The summed E-state index contributed by atoms with van der Waals surface area (Å²) in [6.45, 7) is 7.50. The van der Waals surface area contributed by atoms with E-state index in [1.54, 1.807) is 17.0 Å².